The number of hydrogen-bond acceptors (Lipinski definition) is 3. The van der Waals surface area contributed by atoms with Crippen molar-refractivity contribution in [1.29, 1.82) is 5.26 Å². The molecule has 0 N–H and O–H groups in total. The molecular formula is C11H10ClN3O. The lowest BCUT2D eigenvalue weighted by molar-refractivity contribution is -0.117. The Hall–Kier alpha value is -1.60. The number of anilines is 1. The highest BCUT2D eigenvalue weighted by Crippen LogP contribution is 2.26. The van der Waals surface area contributed by atoms with E-state index in [1.54, 1.807) is 12.3 Å². The van der Waals surface area contributed by atoms with Gasteiger partial charge in [0.15, 0.2) is 5.82 Å². The number of aryl methyl sites for hydroxylation is 1. The second-order valence-electron chi connectivity index (χ2n) is 3.74. The summed E-state index contributed by atoms with van der Waals surface area (Å²) in [6.07, 6.45) is 1.91. The van der Waals surface area contributed by atoms with E-state index >= 15 is 0 Å². The first-order chi connectivity index (χ1) is 7.63. The van der Waals surface area contributed by atoms with Crippen LogP contribution in [0, 0.1) is 18.3 Å². The molecule has 1 saturated heterocycles. The Morgan fingerprint density at radius 2 is 2.44 bits per heavy atom. The van der Waals surface area contributed by atoms with E-state index in [1.807, 2.05) is 6.92 Å². The minimum absolute atomic E-state index is 0.0744. The van der Waals surface area contributed by atoms with Crippen LogP contribution in [-0.2, 0) is 4.79 Å². The smallest absolute Gasteiger partial charge is 0.229 e. The van der Waals surface area contributed by atoms with E-state index in [0.717, 1.165) is 5.56 Å². The molecule has 16 heavy (non-hydrogen) atoms. The van der Waals surface area contributed by atoms with Gasteiger partial charge < -0.3 is 0 Å². The average Bonchev–Trinajstić information content (AvgIpc) is 2.57. The van der Waals surface area contributed by atoms with Gasteiger partial charge in [0.2, 0.25) is 5.91 Å². The molecular weight excluding hydrogens is 226 g/mol. The Labute approximate surface area is 98.5 Å². The molecule has 0 aliphatic carbocycles. The Morgan fingerprint density at radius 3 is 3.00 bits per heavy atom. The summed E-state index contributed by atoms with van der Waals surface area (Å²) in [6.45, 7) is 2.24. The number of hydrogen-bond donors (Lipinski definition) is 0. The van der Waals surface area contributed by atoms with Crippen molar-refractivity contribution in [3.05, 3.63) is 23.4 Å². The third-order valence-electron chi connectivity index (χ3n) is 2.58. The van der Waals surface area contributed by atoms with Gasteiger partial charge in [-0.1, -0.05) is 0 Å². The molecule has 1 unspecified atom stereocenters. The number of carbonyl (C=O) groups is 1. The topological polar surface area (TPSA) is 57.0 Å². The first-order valence-electron chi connectivity index (χ1n) is 4.93. The van der Waals surface area contributed by atoms with Crippen LogP contribution in [0.25, 0.3) is 0 Å². The van der Waals surface area contributed by atoms with Gasteiger partial charge in [0.1, 0.15) is 6.07 Å². The molecule has 0 aromatic carbocycles. The number of carbonyl (C=O) groups excluding carboxylic acids is 1. The second-order valence-corrected chi connectivity index (χ2v) is 4.36. The lowest BCUT2D eigenvalue weighted by Gasteiger charge is -2.16. The van der Waals surface area contributed by atoms with Gasteiger partial charge in [0.25, 0.3) is 0 Å². The number of alkyl halides is 1. The summed E-state index contributed by atoms with van der Waals surface area (Å²) in [4.78, 5) is 17.2. The summed E-state index contributed by atoms with van der Waals surface area (Å²) < 4.78 is 0. The van der Waals surface area contributed by atoms with Gasteiger partial charge in [-0.3, -0.25) is 9.69 Å². The standard InChI is InChI=1S/C11H10ClN3O/c1-7-2-3-14-11(9(7)5-13)15-6-8(12)4-10(15)16/h2-3,8H,4,6H2,1H3. The third kappa shape index (κ3) is 1.74. The number of nitrogens with zero attached hydrogens (tertiary/aromatic N) is 3. The minimum Gasteiger partial charge on any atom is -0.294 e. The second kappa shape index (κ2) is 4.11. The number of aromatic nitrogens is 1. The maximum absolute atomic E-state index is 11.7. The van der Waals surface area contributed by atoms with E-state index in [0.29, 0.717) is 24.3 Å². The Morgan fingerprint density at radius 1 is 1.69 bits per heavy atom. The number of halogens is 1. The predicted octanol–water partition coefficient (Wildman–Crippen LogP) is 1.61. The molecule has 2 heterocycles. The van der Waals surface area contributed by atoms with Gasteiger partial charge in [0.05, 0.1) is 10.9 Å². The van der Waals surface area contributed by atoms with E-state index in [1.165, 1.54) is 4.90 Å². The number of pyridine rings is 1. The van der Waals surface area contributed by atoms with Crippen molar-refractivity contribution in [2.24, 2.45) is 0 Å². The maximum atomic E-state index is 11.7. The van der Waals surface area contributed by atoms with E-state index in [4.69, 9.17) is 16.9 Å². The van der Waals surface area contributed by atoms with E-state index in [2.05, 4.69) is 11.1 Å². The minimum atomic E-state index is -0.193. The van der Waals surface area contributed by atoms with Crippen LogP contribution in [0.3, 0.4) is 0 Å². The van der Waals surface area contributed by atoms with Crippen LogP contribution in [0.5, 0.6) is 0 Å². The molecule has 1 aromatic heterocycles. The van der Waals surface area contributed by atoms with Crippen LogP contribution in [0.1, 0.15) is 17.5 Å². The van der Waals surface area contributed by atoms with Crippen LogP contribution in [-0.4, -0.2) is 22.8 Å². The Balaban J connectivity index is 2.45. The summed E-state index contributed by atoms with van der Waals surface area (Å²) in [7, 11) is 0. The molecule has 1 aliphatic heterocycles. The summed E-state index contributed by atoms with van der Waals surface area (Å²) in [5.74, 6) is 0.352. The number of amides is 1. The number of rotatable bonds is 1. The molecule has 0 radical (unpaired) electrons. The van der Waals surface area contributed by atoms with Gasteiger partial charge in [-0.2, -0.15) is 5.26 Å². The molecule has 1 amide bonds. The quantitative estimate of drug-likeness (QED) is 0.695. The van der Waals surface area contributed by atoms with Crippen molar-refractivity contribution in [1.82, 2.24) is 4.98 Å². The van der Waals surface area contributed by atoms with Crippen molar-refractivity contribution in [2.45, 2.75) is 18.7 Å². The molecule has 82 valence electrons. The van der Waals surface area contributed by atoms with Gasteiger partial charge in [-0.25, -0.2) is 4.98 Å². The van der Waals surface area contributed by atoms with Crippen molar-refractivity contribution >= 4 is 23.3 Å². The van der Waals surface area contributed by atoms with Crippen molar-refractivity contribution in [2.75, 3.05) is 11.4 Å². The normalized spacial score (nSPS) is 19.9. The molecule has 0 spiro atoms. The lowest BCUT2D eigenvalue weighted by atomic mass is 10.1. The highest BCUT2D eigenvalue weighted by Gasteiger charge is 2.31. The van der Waals surface area contributed by atoms with Crippen LogP contribution in [0.4, 0.5) is 5.82 Å². The Kier molecular flexibility index (Phi) is 2.80. The third-order valence-corrected chi connectivity index (χ3v) is 2.88. The van der Waals surface area contributed by atoms with Gasteiger partial charge >= 0.3 is 0 Å². The van der Waals surface area contributed by atoms with Crippen molar-refractivity contribution in [3.8, 4) is 6.07 Å². The van der Waals surface area contributed by atoms with E-state index < -0.39 is 0 Å². The molecule has 2 rings (SSSR count). The SMILES string of the molecule is Cc1ccnc(N2CC(Cl)CC2=O)c1C#N. The zero-order chi connectivity index (χ0) is 11.7. The van der Waals surface area contributed by atoms with Gasteiger partial charge in [-0.15, -0.1) is 11.6 Å². The fourth-order valence-electron chi connectivity index (χ4n) is 1.76. The average molecular weight is 236 g/mol. The van der Waals surface area contributed by atoms with Crippen LogP contribution >= 0.6 is 11.6 Å². The largest absolute Gasteiger partial charge is 0.294 e. The number of nitriles is 1. The van der Waals surface area contributed by atoms with Crippen LogP contribution in [0.2, 0.25) is 0 Å². The fourth-order valence-corrected chi connectivity index (χ4v) is 2.03. The lowest BCUT2D eigenvalue weighted by Crippen LogP contribution is -2.26. The summed E-state index contributed by atoms with van der Waals surface area (Å²) in [5.41, 5.74) is 1.26. The van der Waals surface area contributed by atoms with E-state index in [-0.39, 0.29) is 11.3 Å². The molecule has 1 atom stereocenters. The highest BCUT2D eigenvalue weighted by molar-refractivity contribution is 6.24. The first kappa shape index (κ1) is 10.9. The van der Waals surface area contributed by atoms with Crippen LogP contribution in [0.15, 0.2) is 12.3 Å². The van der Waals surface area contributed by atoms with Gasteiger partial charge in [-0.05, 0) is 18.6 Å². The summed E-state index contributed by atoms with van der Waals surface area (Å²) in [6, 6.07) is 3.83. The van der Waals surface area contributed by atoms with Crippen molar-refractivity contribution < 1.29 is 4.79 Å². The fraction of sp³-hybridized carbons (Fsp3) is 0.364. The zero-order valence-electron chi connectivity index (χ0n) is 8.77. The highest BCUT2D eigenvalue weighted by atomic mass is 35.5. The molecule has 1 fully saturated rings. The monoisotopic (exact) mass is 235 g/mol. The molecule has 1 aliphatic rings. The van der Waals surface area contributed by atoms with Gasteiger partial charge in [0, 0.05) is 19.2 Å². The Bertz CT molecular complexity index is 481. The molecule has 4 nitrogen and oxygen atoms in total. The van der Waals surface area contributed by atoms with Crippen molar-refractivity contribution in [3.63, 3.8) is 0 Å². The summed E-state index contributed by atoms with van der Waals surface area (Å²) in [5, 5.41) is 8.86. The summed E-state index contributed by atoms with van der Waals surface area (Å²) >= 11 is 5.91. The molecule has 0 saturated carbocycles. The first-order valence-corrected chi connectivity index (χ1v) is 5.37. The predicted molar refractivity (Wildman–Crippen MR) is 60.3 cm³/mol. The van der Waals surface area contributed by atoms with Crippen LogP contribution < -0.4 is 4.90 Å². The maximum Gasteiger partial charge on any atom is 0.229 e. The molecule has 5 heteroatoms. The zero-order valence-corrected chi connectivity index (χ0v) is 9.53. The van der Waals surface area contributed by atoms with E-state index in [9.17, 15) is 4.79 Å². The molecule has 1 aromatic rings. The molecule has 0 bridgehead atoms.